The fourth-order valence-corrected chi connectivity index (χ4v) is 3.66. The summed E-state index contributed by atoms with van der Waals surface area (Å²) in [5.74, 6) is -0.0628. The van der Waals surface area contributed by atoms with Crippen molar-refractivity contribution in [2.24, 2.45) is 0 Å². The Kier molecular flexibility index (Phi) is 6.95. The van der Waals surface area contributed by atoms with E-state index in [9.17, 15) is 14.4 Å². The average molecular weight is 418 g/mol. The normalized spacial score (nSPS) is 15.8. The van der Waals surface area contributed by atoms with E-state index in [4.69, 9.17) is 11.6 Å². The lowest BCUT2D eigenvalue weighted by Gasteiger charge is -2.14. The highest BCUT2D eigenvalue weighted by Crippen LogP contribution is 2.20. The van der Waals surface area contributed by atoms with Gasteiger partial charge in [0.25, 0.3) is 5.91 Å². The van der Waals surface area contributed by atoms with E-state index in [0.717, 1.165) is 10.6 Å². The topological polar surface area (TPSA) is 87.3 Å². The number of carbonyl (C=O) groups excluding carboxylic acids is 3. The third kappa shape index (κ3) is 5.50. The number of benzene rings is 2. The maximum absolute atomic E-state index is 12.3. The minimum Gasteiger partial charge on any atom is -0.355 e. The number of para-hydroxylation sites is 1. The zero-order valence-corrected chi connectivity index (χ0v) is 16.6. The van der Waals surface area contributed by atoms with Crippen LogP contribution >= 0.6 is 23.4 Å². The van der Waals surface area contributed by atoms with E-state index in [0.29, 0.717) is 22.8 Å². The van der Waals surface area contributed by atoms with E-state index >= 15 is 0 Å². The summed E-state index contributed by atoms with van der Waals surface area (Å²) in [7, 11) is 0. The molecule has 1 unspecified atom stereocenters. The fourth-order valence-electron chi connectivity index (χ4n) is 2.77. The van der Waals surface area contributed by atoms with Gasteiger partial charge in [-0.1, -0.05) is 23.7 Å². The molecule has 2 aromatic rings. The Morgan fingerprint density at radius 1 is 1.11 bits per heavy atom. The van der Waals surface area contributed by atoms with Gasteiger partial charge >= 0.3 is 0 Å². The number of fused-ring (bicyclic) bond motifs is 1. The first-order chi connectivity index (χ1) is 13.5. The van der Waals surface area contributed by atoms with Crippen molar-refractivity contribution in [1.29, 1.82) is 0 Å². The van der Waals surface area contributed by atoms with Crippen LogP contribution in [0.1, 0.15) is 23.2 Å². The number of hydrogen-bond donors (Lipinski definition) is 3. The molecule has 0 saturated carbocycles. The van der Waals surface area contributed by atoms with E-state index in [1.807, 2.05) is 24.3 Å². The van der Waals surface area contributed by atoms with Gasteiger partial charge < -0.3 is 16.0 Å². The first kappa shape index (κ1) is 20.2. The summed E-state index contributed by atoms with van der Waals surface area (Å²) in [6, 6.07) is 13.6. The van der Waals surface area contributed by atoms with Gasteiger partial charge in [-0.15, -0.1) is 11.8 Å². The summed E-state index contributed by atoms with van der Waals surface area (Å²) < 4.78 is 0. The summed E-state index contributed by atoms with van der Waals surface area (Å²) in [4.78, 5) is 37.7. The van der Waals surface area contributed by atoms with Crippen LogP contribution in [-0.2, 0) is 9.59 Å². The molecule has 6 nitrogen and oxygen atoms in total. The van der Waals surface area contributed by atoms with Gasteiger partial charge in [-0.25, -0.2) is 0 Å². The molecular weight excluding hydrogens is 398 g/mol. The molecule has 3 N–H and O–H groups in total. The van der Waals surface area contributed by atoms with Crippen molar-refractivity contribution < 1.29 is 14.4 Å². The third-order valence-electron chi connectivity index (χ3n) is 4.22. The number of rotatable bonds is 7. The minimum atomic E-state index is -0.742. The van der Waals surface area contributed by atoms with Gasteiger partial charge in [0, 0.05) is 28.6 Å². The maximum atomic E-state index is 12.3. The van der Waals surface area contributed by atoms with E-state index in [-0.39, 0.29) is 30.6 Å². The molecule has 1 heterocycles. The zero-order valence-electron chi connectivity index (χ0n) is 15.0. The van der Waals surface area contributed by atoms with E-state index in [2.05, 4.69) is 16.0 Å². The molecular formula is C20H20ClN3O3S. The van der Waals surface area contributed by atoms with Crippen molar-refractivity contribution in [3.63, 3.8) is 0 Å². The molecule has 3 amide bonds. The molecule has 1 atom stereocenters. The Hall–Kier alpha value is -2.51. The Morgan fingerprint density at radius 2 is 1.86 bits per heavy atom. The summed E-state index contributed by atoms with van der Waals surface area (Å²) in [6.45, 7) is 0.515. The molecule has 1 aliphatic rings. The number of amides is 3. The first-order valence-corrected chi connectivity index (χ1v) is 10.2. The third-order valence-corrected chi connectivity index (χ3v) is 5.48. The largest absolute Gasteiger partial charge is 0.355 e. The van der Waals surface area contributed by atoms with Gasteiger partial charge in [0.1, 0.15) is 6.04 Å². The second-order valence-corrected chi connectivity index (χ2v) is 7.86. The standard InChI is InChI=1S/C20H20ClN3O3S/c21-13-5-7-14(8-6-13)28-12-11-22-18(25)10-9-17-20(27)23-16-4-2-1-3-15(16)19(26)24-17/h1-8,17H,9-12H2,(H,22,25)(H,23,27)(H,24,26). The average Bonchev–Trinajstić information content (AvgIpc) is 2.81. The lowest BCUT2D eigenvalue weighted by atomic mass is 10.1. The molecule has 1 aliphatic heterocycles. The lowest BCUT2D eigenvalue weighted by Crippen LogP contribution is -2.42. The smallest absolute Gasteiger partial charge is 0.254 e. The van der Waals surface area contributed by atoms with E-state index in [1.54, 1.807) is 36.0 Å². The molecule has 0 spiro atoms. The van der Waals surface area contributed by atoms with Crippen LogP contribution < -0.4 is 16.0 Å². The molecule has 28 heavy (non-hydrogen) atoms. The molecule has 3 rings (SSSR count). The van der Waals surface area contributed by atoms with Crippen LogP contribution in [0.5, 0.6) is 0 Å². The van der Waals surface area contributed by atoms with Crippen molar-refractivity contribution in [1.82, 2.24) is 10.6 Å². The van der Waals surface area contributed by atoms with Crippen LogP contribution in [0.4, 0.5) is 5.69 Å². The van der Waals surface area contributed by atoms with Crippen molar-refractivity contribution in [2.75, 3.05) is 17.6 Å². The summed E-state index contributed by atoms with van der Waals surface area (Å²) >= 11 is 7.47. The summed E-state index contributed by atoms with van der Waals surface area (Å²) in [5, 5.41) is 8.94. The van der Waals surface area contributed by atoms with Crippen LogP contribution in [0.2, 0.25) is 5.02 Å². The highest BCUT2D eigenvalue weighted by molar-refractivity contribution is 7.99. The van der Waals surface area contributed by atoms with Gasteiger partial charge in [-0.05, 0) is 42.8 Å². The van der Waals surface area contributed by atoms with E-state index < -0.39 is 6.04 Å². The molecule has 0 aliphatic carbocycles. The van der Waals surface area contributed by atoms with Gasteiger partial charge in [-0.3, -0.25) is 14.4 Å². The van der Waals surface area contributed by atoms with Crippen molar-refractivity contribution in [3.05, 3.63) is 59.1 Å². The zero-order chi connectivity index (χ0) is 19.9. The summed E-state index contributed by atoms with van der Waals surface area (Å²) in [5.41, 5.74) is 0.901. The van der Waals surface area contributed by atoms with Crippen LogP contribution in [0.25, 0.3) is 0 Å². The SMILES string of the molecule is O=C(CCC1NC(=O)c2ccccc2NC1=O)NCCSc1ccc(Cl)cc1. The Morgan fingerprint density at radius 3 is 2.64 bits per heavy atom. The molecule has 2 aromatic carbocycles. The predicted octanol–water partition coefficient (Wildman–Crippen LogP) is 3.08. The number of carbonyl (C=O) groups is 3. The van der Waals surface area contributed by atoms with Crippen molar-refractivity contribution in [3.8, 4) is 0 Å². The molecule has 0 saturated heterocycles. The number of anilines is 1. The molecule has 146 valence electrons. The Labute approximate surface area is 172 Å². The fraction of sp³-hybridized carbons (Fsp3) is 0.250. The first-order valence-electron chi connectivity index (χ1n) is 8.89. The monoisotopic (exact) mass is 417 g/mol. The molecule has 0 aromatic heterocycles. The molecule has 0 radical (unpaired) electrons. The second kappa shape index (κ2) is 9.61. The minimum absolute atomic E-state index is 0.152. The number of halogens is 1. The van der Waals surface area contributed by atoms with Crippen LogP contribution in [0, 0.1) is 0 Å². The van der Waals surface area contributed by atoms with Crippen LogP contribution in [0.3, 0.4) is 0 Å². The van der Waals surface area contributed by atoms with Gasteiger partial charge in [0.15, 0.2) is 0 Å². The Bertz CT molecular complexity index is 873. The van der Waals surface area contributed by atoms with Crippen molar-refractivity contribution >= 4 is 46.8 Å². The van der Waals surface area contributed by atoms with E-state index in [1.165, 1.54) is 0 Å². The molecule has 0 bridgehead atoms. The maximum Gasteiger partial charge on any atom is 0.254 e. The van der Waals surface area contributed by atoms with Gasteiger partial charge in [0.2, 0.25) is 11.8 Å². The number of hydrogen-bond acceptors (Lipinski definition) is 4. The van der Waals surface area contributed by atoms with Crippen LogP contribution in [-0.4, -0.2) is 36.1 Å². The highest BCUT2D eigenvalue weighted by Gasteiger charge is 2.27. The Balaban J connectivity index is 1.41. The van der Waals surface area contributed by atoms with Gasteiger partial charge in [0.05, 0.1) is 11.3 Å². The highest BCUT2D eigenvalue weighted by atomic mass is 35.5. The second-order valence-electron chi connectivity index (χ2n) is 6.25. The summed E-state index contributed by atoms with van der Waals surface area (Å²) in [6.07, 6.45) is 0.391. The number of nitrogens with one attached hydrogen (secondary N) is 3. The van der Waals surface area contributed by atoms with Crippen LogP contribution in [0.15, 0.2) is 53.4 Å². The lowest BCUT2D eigenvalue weighted by molar-refractivity contribution is -0.121. The number of thioether (sulfide) groups is 1. The molecule has 8 heteroatoms. The molecule has 0 fully saturated rings. The van der Waals surface area contributed by atoms with Gasteiger partial charge in [-0.2, -0.15) is 0 Å². The predicted molar refractivity (Wildman–Crippen MR) is 111 cm³/mol. The van der Waals surface area contributed by atoms with Crippen molar-refractivity contribution in [2.45, 2.75) is 23.8 Å². The quantitative estimate of drug-likeness (QED) is 0.477.